The lowest BCUT2D eigenvalue weighted by molar-refractivity contribution is -0.137. The second-order valence-electron chi connectivity index (χ2n) is 12.5. The van der Waals surface area contributed by atoms with Crippen LogP contribution in [-0.4, -0.2) is 85.1 Å². The Kier molecular flexibility index (Phi) is 9.53. The van der Waals surface area contributed by atoms with Crippen LogP contribution in [0.4, 0.5) is 29.1 Å². The van der Waals surface area contributed by atoms with Gasteiger partial charge in [0.05, 0.1) is 48.6 Å². The molecule has 0 N–H and O–H groups in total. The van der Waals surface area contributed by atoms with E-state index in [0.717, 1.165) is 49.6 Å². The molecule has 2 fully saturated rings. The molecule has 3 heterocycles. The summed E-state index contributed by atoms with van der Waals surface area (Å²) in [6.45, 7) is 6.02. The molecule has 2 aromatic rings. The number of carbonyl (C=O) groups is 1. The van der Waals surface area contributed by atoms with Gasteiger partial charge in [0, 0.05) is 43.7 Å². The first-order chi connectivity index (χ1) is 21.4. The number of carbonyl (C=O) groups excluding carboxylic acids is 1. The minimum absolute atomic E-state index is 0.0464. The van der Waals surface area contributed by atoms with Crippen molar-refractivity contribution in [1.82, 2.24) is 19.8 Å². The quantitative estimate of drug-likeness (QED) is 0.289. The first kappa shape index (κ1) is 32.5. The number of ether oxygens (including phenoxy) is 1. The third-order valence-electron chi connectivity index (χ3n) is 8.99. The molecule has 1 aliphatic carbocycles. The number of nitriles is 1. The average molecular weight is 630 g/mol. The monoisotopic (exact) mass is 629 g/mol. The van der Waals surface area contributed by atoms with Crippen LogP contribution in [0.2, 0.25) is 0 Å². The second-order valence-corrected chi connectivity index (χ2v) is 12.5. The molecule has 1 aromatic carbocycles. The molecule has 2 aliphatic heterocycles. The molecule has 3 aliphatic rings. The third kappa shape index (κ3) is 7.01. The van der Waals surface area contributed by atoms with Gasteiger partial charge in [-0.25, -0.2) is 4.39 Å². The van der Waals surface area contributed by atoms with Crippen LogP contribution in [0.15, 0.2) is 30.9 Å². The maximum atomic E-state index is 15.1. The summed E-state index contributed by atoms with van der Waals surface area (Å²) in [6.07, 6.45) is 0.605. The van der Waals surface area contributed by atoms with Gasteiger partial charge < -0.3 is 24.3 Å². The number of hydrogen-bond donors (Lipinski definition) is 0. The van der Waals surface area contributed by atoms with Crippen LogP contribution in [-0.2, 0) is 23.9 Å². The predicted octanol–water partition coefficient (Wildman–Crippen LogP) is 4.81. The van der Waals surface area contributed by atoms with Crippen molar-refractivity contribution in [2.45, 2.75) is 57.3 Å². The van der Waals surface area contributed by atoms with Gasteiger partial charge in [-0.3, -0.25) is 4.79 Å². The van der Waals surface area contributed by atoms with Crippen molar-refractivity contribution in [2.75, 3.05) is 63.2 Å². The van der Waals surface area contributed by atoms with Crippen LogP contribution in [0.25, 0.3) is 0 Å². The molecule has 1 amide bonds. The lowest BCUT2D eigenvalue weighted by atomic mass is 9.69. The van der Waals surface area contributed by atoms with Gasteiger partial charge in [-0.15, -0.1) is 0 Å². The van der Waals surface area contributed by atoms with Gasteiger partial charge in [-0.05, 0) is 58.0 Å². The maximum absolute atomic E-state index is 15.1. The molecule has 45 heavy (non-hydrogen) atoms. The Morgan fingerprint density at radius 2 is 1.98 bits per heavy atom. The van der Waals surface area contributed by atoms with E-state index in [1.165, 1.54) is 11.0 Å². The maximum Gasteiger partial charge on any atom is 0.418 e. The molecular weight excluding hydrogens is 590 g/mol. The number of alkyl halides is 3. The van der Waals surface area contributed by atoms with Gasteiger partial charge in [0.2, 0.25) is 5.91 Å². The van der Waals surface area contributed by atoms with Crippen molar-refractivity contribution in [3.8, 4) is 12.1 Å². The highest BCUT2D eigenvalue weighted by Crippen LogP contribution is 2.43. The van der Waals surface area contributed by atoms with E-state index in [-0.39, 0.29) is 36.8 Å². The Bertz CT molecular complexity index is 1450. The number of nitrogens with zero attached hydrogens (tertiary/aromatic N) is 7. The fourth-order valence-electron chi connectivity index (χ4n) is 6.82. The molecule has 1 atom stereocenters. The molecule has 0 radical (unpaired) electrons. The lowest BCUT2D eigenvalue weighted by Gasteiger charge is -2.43. The lowest BCUT2D eigenvalue weighted by Crippen LogP contribution is -2.55. The van der Waals surface area contributed by atoms with Crippen molar-refractivity contribution in [3.63, 3.8) is 0 Å². The number of hydrogen-bond acceptors (Lipinski definition) is 8. The van der Waals surface area contributed by atoms with Crippen LogP contribution in [0.3, 0.4) is 0 Å². The van der Waals surface area contributed by atoms with Crippen LogP contribution in [0.1, 0.15) is 48.9 Å². The van der Waals surface area contributed by atoms with E-state index >= 15 is 4.39 Å². The van der Waals surface area contributed by atoms with E-state index in [1.807, 2.05) is 19.0 Å². The number of amides is 1. The summed E-state index contributed by atoms with van der Waals surface area (Å²) in [7, 11) is 4.02. The SMILES string of the molecule is C=CC(=O)N1CCN(c2nc(OCC3(CN(C)C)CCC3)nc3c2CCCN(c2c(F)cccc2C(F)(F)F)C3)C[C@@H]1CC#N. The summed E-state index contributed by atoms with van der Waals surface area (Å²) < 4.78 is 63.4. The van der Waals surface area contributed by atoms with Crippen LogP contribution < -0.4 is 14.5 Å². The predicted molar refractivity (Wildman–Crippen MR) is 161 cm³/mol. The van der Waals surface area contributed by atoms with Gasteiger partial charge in [0.25, 0.3) is 0 Å². The van der Waals surface area contributed by atoms with Crippen molar-refractivity contribution < 1.29 is 27.1 Å². The average Bonchev–Trinajstić information content (AvgIpc) is 3.19. The topological polar surface area (TPSA) is 88.8 Å². The van der Waals surface area contributed by atoms with Crippen LogP contribution in [0.5, 0.6) is 6.01 Å². The van der Waals surface area contributed by atoms with E-state index in [1.54, 1.807) is 4.90 Å². The molecule has 1 saturated heterocycles. The summed E-state index contributed by atoms with van der Waals surface area (Å²) >= 11 is 0. The zero-order valence-electron chi connectivity index (χ0n) is 25.7. The summed E-state index contributed by atoms with van der Waals surface area (Å²) in [5.41, 5.74) is -0.351. The summed E-state index contributed by atoms with van der Waals surface area (Å²) in [5.74, 6) is -0.629. The Balaban J connectivity index is 1.53. The van der Waals surface area contributed by atoms with E-state index < -0.39 is 29.3 Å². The van der Waals surface area contributed by atoms with Crippen molar-refractivity contribution in [3.05, 3.63) is 53.5 Å². The standard InChI is InChI=1S/C32H39F4N7O2/c1-4-27(44)43-17-16-42(18-22(43)11-14-37)29-23-8-6-15-41(28-24(32(34,35)36)9-5-10-25(28)33)19-26(23)38-30(39-29)45-21-31(12-7-13-31)20-40(2)3/h4-5,9-10,22H,1,6-8,11-13,15-21H2,2-3H3/t22-/m0/s1. The van der Waals surface area contributed by atoms with Gasteiger partial charge >= 0.3 is 12.2 Å². The van der Waals surface area contributed by atoms with E-state index in [4.69, 9.17) is 14.7 Å². The number of piperazine rings is 1. The molecular formula is C32H39F4N7O2. The van der Waals surface area contributed by atoms with Gasteiger partial charge in [0.15, 0.2) is 0 Å². The molecule has 1 saturated carbocycles. The Labute approximate surface area is 261 Å². The van der Waals surface area contributed by atoms with Crippen molar-refractivity contribution in [1.29, 1.82) is 5.26 Å². The van der Waals surface area contributed by atoms with E-state index in [2.05, 4.69) is 17.5 Å². The van der Waals surface area contributed by atoms with E-state index in [0.29, 0.717) is 50.6 Å². The number of halogens is 4. The smallest absolute Gasteiger partial charge is 0.418 e. The van der Waals surface area contributed by atoms with E-state index in [9.17, 15) is 23.2 Å². The highest BCUT2D eigenvalue weighted by molar-refractivity contribution is 5.87. The molecule has 5 rings (SSSR count). The number of rotatable bonds is 9. The number of fused-ring (bicyclic) bond motifs is 1. The first-order valence-electron chi connectivity index (χ1n) is 15.3. The Morgan fingerprint density at radius 3 is 2.62 bits per heavy atom. The summed E-state index contributed by atoms with van der Waals surface area (Å²) in [6, 6.07) is 4.87. The molecule has 242 valence electrons. The Hall–Kier alpha value is -3.92. The highest BCUT2D eigenvalue weighted by Gasteiger charge is 2.40. The molecule has 1 aromatic heterocycles. The van der Waals surface area contributed by atoms with Gasteiger partial charge in [0.1, 0.15) is 11.6 Å². The fraction of sp³-hybridized carbons (Fsp3) is 0.562. The second kappa shape index (κ2) is 13.2. The zero-order valence-corrected chi connectivity index (χ0v) is 25.7. The van der Waals surface area contributed by atoms with Crippen molar-refractivity contribution >= 4 is 17.4 Å². The summed E-state index contributed by atoms with van der Waals surface area (Å²) in [5, 5.41) is 9.50. The number of para-hydroxylation sites is 1. The van der Waals surface area contributed by atoms with Gasteiger partial charge in [-0.1, -0.05) is 19.1 Å². The molecule has 9 nitrogen and oxygen atoms in total. The van der Waals surface area contributed by atoms with Gasteiger partial charge in [-0.2, -0.15) is 28.4 Å². The Morgan fingerprint density at radius 1 is 1.20 bits per heavy atom. The summed E-state index contributed by atoms with van der Waals surface area (Å²) in [4.78, 5) is 29.3. The normalized spacial score (nSPS) is 19.8. The number of benzene rings is 1. The third-order valence-corrected chi connectivity index (χ3v) is 8.99. The highest BCUT2D eigenvalue weighted by atomic mass is 19.4. The zero-order chi connectivity index (χ0) is 32.4. The molecule has 0 unspecified atom stereocenters. The molecule has 13 heteroatoms. The largest absolute Gasteiger partial charge is 0.463 e. The van der Waals surface area contributed by atoms with Crippen molar-refractivity contribution in [2.24, 2.45) is 5.41 Å². The first-order valence-corrected chi connectivity index (χ1v) is 15.3. The fourth-order valence-corrected chi connectivity index (χ4v) is 6.82. The number of aromatic nitrogens is 2. The number of anilines is 2. The minimum Gasteiger partial charge on any atom is -0.463 e. The minimum atomic E-state index is -4.74. The molecule has 0 spiro atoms. The van der Waals surface area contributed by atoms with Crippen LogP contribution in [0, 0.1) is 22.6 Å². The molecule has 0 bridgehead atoms. The van der Waals surface area contributed by atoms with Crippen LogP contribution >= 0.6 is 0 Å².